The van der Waals surface area contributed by atoms with Gasteiger partial charge in [-0.25, -0.2) is 8.42 Å². The summed E-state index contributed by atoms with van der Waals surface area (Å²) in [6.45, 7) is 2.29. The van der Waals surface area contributed by atoms with Crippen molar-refractivity contribution in [3.05, 3.63) is 82.3 Å². The zero-order valence-corrected chi connectivity index (χ0v) is 19.1. The minimum absolute atomic E-state index is 0.0117. The molecule has 0 radical (unpaired) electrons. The summed E-state index contributed by atoms with van der Waals surface area (Å²) >= 11 is 3.31. The molecule has 0 aliphatic rings. The highest BCUT2D eigenvalue weighted by atomic mass is 79.9. The number of aromatic hydroxyl groups is 1. The van der Waals surface area contributed by atoms with Crippen LogP contribution in [-0.2, 0) is 23.0 Å². The molecule has 0 atom stereocenters. The number of azo groups is 1. The number of rotatable bonds is 7. The fourth-order valence-corrected chi connectivity index (χ4v) is 4.48. The average molecular weight is 488 g/mol. The Kier molecular flexibility index (Phi) is 7.02. The number of aryl methyl sites for hydroxylation is 1. The monoisotopic (exact) mass is 487 g/mol. The maximum atomic E-state index is 12.8. The van der Waals surface area contributed by atoms with E-state index < -0.39 is 10.0 Å². The Balaban J connectivity index is 1.78. The van der Waals surface area contributed by atoms with Gasteiger partial charge in [0, 0.05) is 13.6 Å². The zero-order chi connectivity index (χ0) is 21.7. The van der Waals surface area contributed by atoms with E-state index in [1.165, 1.54) is 16.4 Å². The third-order valence-electron chi connectivity index (χ3n) is 4.58. The van der Waals surface area contributed by atoms with Gasteiger partial charge in [0.25, 0.3) is 0 Å². The summed E-state index contributed by atoms with van der Waals surface area (Å²) in [5, 5.41) is 18.4. The highest BCUT2D eigenvalue weighted by Gasteiger charge is 2.20. The lowest BCUT2D eigenvalue weighted by atomic mass is 10.1. The second-order valence-electron chi connectivity index (χ2n) is 6.74. The van der Waals surface area contributed by atoms with Crippen LogP contribution in [0, 0.1) is 0 Å². The summed E-state index contributed by atoms with van der Waals surface area (Å²) in [5.41, 5.74) is 2.75. The third-order valence-corrected chi connectivity index (χ3v) is 7.00. The summed E-state index contributed by atoms with van der Waals surface area (Å²) in [6, 6.07) is 19.2. The number of halogens is 1. The summed E-state index contributed by atoms with van der Waals surface area (Å²) in [6.07, 6.45) is 0.796. The van der Waals surface area contributed by atoms with Crippen molar-refractivity contribution in [3.8, 4) is 5.75 Å². The van der Waals surface area contributed by atoms with Gasteiger partial charge in [-0.15, -0.1) is 5.11 Å². The largest absolute Gasteiger partial charge is 0.505 e. The fraction of sp³-hybridized carbons (Fsp3) is 0.182. The molecule has 6 nitrogen and oxygen atoms in total. The number of nitrogens with zero attached hydrogens (tertiary/aromatic N) is 3. The van der Waals surface area contributed by atoms with Gasteiger partial charge in [-0.2, -0.15) is 9.42 Å². The number of phenols is 1. The topological polar surface area (TPSA) is 82.3 Å². The lowest BCUT2D eigenvalue weighted by molar-refractivity contribution is 0.466. The van der Waals surface area contributed by atoms with Crippen LogP contribution in [-0.4, -0.2) is 24.9 Å². The van der Waals surface area contributed by atoms with Crippen LogP contribution in [0.2, 0.25) is 0 Å². The van der Waals surface area contributed by atoms with E-state index in [9.17, 15) is 13.5 Å². The molecule has 0 amide bonds. The molecule has 3 rings (SSSR count). The van der Waals surface area contributed by atoms with Gasteiger partial charge in [-0.05, 0) is 69.9 Å². The van der Waals surface area contributed by atoms with Gasteiger partial charge in [-0.3, -0.25) is 0 Å². The Morgan fingerprint density at radius 2 is 1.63 bits per heavy atom. The van der Waals surface area contributed by atoms with E-state index in [1.54, 1.807) is 25.2 Å². The highest BCUT2D eigenvalue weighted by Crippen LogP contribution is 2.36. The van der Waals surface area contributed by atoms with Crippen LogP contribution in [0.4, 0.5) is 11.4 Å². The SMILES string of the molecule is CCc1cc(Br)c(O)c(N=Nc2ccc(S(=O)(=O)N(C)Cc3ccccc3)cc2)c1. The molecule has 0 spiro atoms. The predicted octanol–water partition coefficient (Wildman–Crippen LogP) is 5.95. The van der Waals surface area contributed by atoms with E-state index in [4.69, 9.17) is 0 Å². The standard InChI is InChI=1S/C22H22BrN3O3S/c1-3-16-13-20(23)22(27)21(14-16)25-24-18-9-11-19(12-10-18)30(28,29)26(2)15-17-7-5-4-6-8-17/h4-14,27H,3,15H2,1-2H3. The normalized spacial score (nSPS) is 12.0. The van der Waals surface area contributed by atoms with Crippen molar-refractivity contribution in [1.29, 1.82) is 0 Å². The predicted molar refractivity (Wildman–Crippen MR) is 121 cm³/mol. The van der Waals surface area contributed by atoms with Crippen LogP contribution >= 0.6 is 15.9 Å². The van der Waals surface area contributed by atoms with Gasteiger partial charge in [0.05, 0.1) is 15.1 Å². The minimum Gasteiger partial charge on any atom is -0.505 e. The van der Waals surface area contributed by atoms with Crippen molar-refractivity contribution in [3.63, 3.8) is 0 Å². The first-order valence-electron chi connectivity index (χ1n) is 9.34. The molecule has 0 aliphatic carbocycles. The van der Waals surface area contributed by atoms with E-state index in [2.05, 4.69) is 26.2 Å². The molecule has 0 bridgehead atoms. The van der Waals surface area contributed by atoms with Gasteiger partial charge >= 0.3 is 0 Å². The lowest BCUT2D eigenvalue weighted by Gasteiger charge is -2.17. The van der Waals surface area contributed by atoms with Gasteiger partial charge in [0.1, 0.15) is 5.69 Å². The van der Waals surface area contributed by atoms with Crippen molar-refractivity contribution in [1.82, 2.24) is 4.31 Å². The molecular formula is C22H22BrN3O3S. The van der Waals surface area contributed by atoms with Crippen LogP contribution in [0.25, 0.3) is 0 Å². The molecule has 30 heavy (non-hydrogen) atoms. The Hall–Kier alpha value is -2.55. The van der Waals surface area contributed by atoms with Gasteiger partial charge in [0.15, 0.2) is 5.75 Å². The molecule has 0 aliphatic heterocycles. The first-order chi connectivity index (χ1) is 14.3. The van der Waals surface area contributed by atoms with Crippen LogP contribution in [0.3, 0.4) is 0 Å². The molecule has 0 fully saturated rings. The van der Waals surface area contributed by atoms with E-state index in [1.807, 2.05) is 43.3 Å². The lowest BCUT2D eigenvalue weighted by Crippen LogP contribution is -2.26. The number of hydrogen-bond acceptors (Lipinski definition) is 5. The molecule has 8 heteroatoms. The van der Waals surface area contributed by atoms with Crippen molar-refractivity contribution in [2.45, 2.75) is 24.8 Å². The van der Waals surface area contributed by atoms with Gasteiger partial charge < -0.3 is 5.11 Å². The molecule has 0 heterocycles. The first kappa shape index (κ1) is 22.1. The van der Waals surface area contributed by atoms with E-state index in [0.29, 0.717) is 15.8 Å². The van der Waals surface area contributed by atoms with E-state index in [-0.39, 0.29) is 17.2 Å². The Morgan fingerprint density at radius 1 is 0.967 bits per heavy atom. The zero-order valence-electron chi connectivity index (χ0n) is 16.7. The minimum atomic E-state index is -3.63. The van der Waals surface area contributed by atoms with E-state index in [0.717, 1.165) is 17.5 Å². The number of sulfonamides is 1. The summed E-state index contributed by atoms with van der Waals surface area (Å²) in [4.78, 5) is 0.179. The third kappa shape index (κ3) is 5.13. The second-order valence-corrected chi connectivity index (χ2v) is 9.64. The molecule has 0 saturated carbocycles. The van der Waals surface area contributed by atoms with Crippen LogP contribution < -0.4 is 0 Å². The average Bonchev–Trinajstić information content (AvgIpc) is 2.75. The van der Waals surface area contributed by atoms with E-state index >= 15 is 0 Å². The number of benzene rings is 3. The molecule has 156 valence electrons. The van der Waals surface area contributed by atoms with Crippen molar-refractivity contribution < 1.29 is 13.5 Å². The van der Waals surface area contributed by atoms with Crippen molar-refractivity contribution >= 4 is 37.3 Å². The maximum Gasteiger partial charge on any atom is 0.243 e. The fourth-order valence-electron chi connectivity index (χ4n) is 2.82. The Morgan fingerprint density at radius 3 is 2.27 bits per heavy atom. The van der Waals surface area contributed by atoms with Crippen LogP contribution in [0.5, 0.6) is 5.75 Å². The number of phenolic OH excluding ortho intramolecular Hbond substituents is 1. The summed E-state index contributed by atoms with van der Waals surface area (Å²) < 4.78 is 27.5. The summed E-state index contributed by atoms with van der Waals surface area (Å²) in [7, 11) is -2.07. The first-order valence-corrected chi connectivity index (χ1v) is 11.6. The quantitative estimate of drug-likeness (QED) is 0.417. The van der Waals surface area contributed by atoms with Gasteiger partial charge in [-0.1, -0.05) is 37.3 Å². The molecule has 0 unspecified atom stereocenters. The molecule has 3 aromatic rings. The van der Waals surface area contributed by atoms with Crippen molar-refractivity contribution in [2.75, 3.05) is 7.05 Å². The molecule has 1 N–H and O–H groups in total. The number of hydrogen-bond donors (Lipinski definition) is 1. The summed E-state index contributed by atoms with van der Waals surface area (Å²) in [5.74, 6) is 0.0117. The Bertz CT molecular complexity index is 1150. The second kappa shape index (κ2) is 9.51. The Labute approximate surface area is 185 Å². The molecule has 0 saturated heterocycles. The maximum absolute atomic E-state index is 12.8. The molecular weight excluding hydrogens is 466 g/mol. The highest BCUT2D eigenvalue weighted by molar-refractivity contribution is 9.10. The molecule has 0 aromatic heterocycles. The molecule has 3 aromatic carbocycles. The van der Waals surface area contributed by atoms with Crippen LogP contribution in [0.1, 0.15) is 18.1 Å². The van der Waals surface area contributed by atoms with Crippen LogP contribution in [0.15, 0.2) is 86.3 Å². The smallest absolute Gasteiger partial charge is 0.243 e. The van der Waals surface area contributed by atoms with Gasteiger partial charge in [0.2, 0.25) is 10.0 Å². The van der Waals surface area contributed by atoms with Crippen molar-refractivity contribution in [2.24, 2.45) is 10.2 Å².